The molecule has 1 heterocycles. The van der Waals surface area contributed by atoms with Gasteiger partial charge in [0, 0.05) is 11.6 Å². The molecule has 0 N–H and O–H groups in total. The van der Waals surface area contributed by atoms with Crippen molar-refractivity contribution in [3.8, 4) is 0 Å². The van der Waals surface area contributed by atoms with Gasteiger partial charge in [0.25, 0.3) is 5.56 Å². The van der Waals surface area contributed by atoms with E-state index in [-0.39, 0.29) is 28.7 Å². The van der Waals surface area contributed by atoms with Crippen LogP contribution in [0, 0.1) is 11.6 Å². The normalized spacial score (nSPS) is 11.3. The van der Waals surface area contributed by atoms with Gasteiger partial charge in [-0.1, -0.05) is 23.9 Å². The summed E-state index contributed by atoms with van der Waals surface area (Å²) >= 11 is 1.10. The van der Waals surface area contributed by atoms with Crippen LogP contribution in [0.2, 0.25) is 0 Å². The highest BCUT2D eigenvalue weighted by Crippen LogP contribution is 2.22. The van der Waals surface area contributed by atoms with Crippen LogP contribution in [0.15, 0.2) is 52.4 Å². The number of para-hydroxylation sites is 1. The number of carbonyl (C=O) groups is 1. The Kier molecular flexibility index (Phi) is 5.18. The number of fused-ring (bicyclic) bond motifs is 1. The summed E-state index contributed by atoms with van der Waals surface area (Å²) in [4.78, 5) is 29.5. The van der Waals surface area contributed by atoms with Gasteiger partial charge in [-0.15, -0.1) is 0 Å². The molecule has 0 bridgehead atoms. The zero-order valence-electron chi connectivity index (χ0n) is 14.2. The summed E-state index contributed by atoms with van der Waals surface area (Å²) in [5.74, 6) is -2.47. The van der Waals surface area contributed by atoms with Gasteiger partial charge in [0.05, 0.1) is 16.7 Å². The van der Waals surface area contributed by atoms with Gasteiger partial charge in [-0.3, -0.25) is 14.2 Å². The lowest BCUT2D eigenvalue weighted by Gasteiger charge is -2.15. The maximum atomic E-state index is 13.3. The highest BCUT2D eigenvalue weighted by molar-refractivity contribution is 7.99. The summed E-state index contributed by atoms with van der Waals surface area (Å²) in [5.41, 5.74) is 0.459. The van der Waals surface area contributed by atoms with Gasteiger partial charge >= 0.3 is 0 Å². The van der Waals surface area contributed by atoms with Gasteiger partial charge in [0.15, 0.2) is 22.6 Å². The minimum atomic E-state index is -1.07. The van der Waals surface area contributed by atoms with Crippen LogP contribution in [0.4, 0.5) is 8.78 Å². The van der Waals surface area contributed by atoms with E-state index in [2.05, 4.69) is 4.98 Å². The number of ketones is 1. The largest absolute Gasteiger partial charge is 0.293 e. The Morgan fingerprint density at radius 3 is 2.58 bits per heavy atom. The molecule has 4 nitrogen and oxygen atoms in total. The van der Waals surface area contributed by atoms with Crippen molar-refractivity contribution in [2.45, 2.75) is 25.0 Å². The summed E-state index contributed by atoms with van der Waals surface area (Å²) in [6, 6.07) is 9.91. The number of aromatic nitrogens is 2. The number of Topliss-reactive ketones (excluding diaryl/α,β-unsaturated/α-hetero) is 1. The average molecular weight is 374 g/mol. The summed E-state index contributed by atoms with van der Waals surface area (Å²) in [6.45, 7) is 3.72. The Morgan fingerprint density at radius 1 is 1.15 bits per heavy atom. The molecule has 0 amide bonds. The van der Waals surface area contributed by atoms with E-state index < -0.39 is 11.6 Å². The molecular weight excluding hydrogens is 358 g/mol. The Bertz CT molecular complexity index is 1050. The van der Waals surface area contributed by atoms with Gasteiger partial charge < -0.3 is 0 Å². The molecule has 134 valence electrons. The van der Waals surface area contributed by atoms with Crippen molar-refractivity contribution < 1.29 is 13.6 Å². The number of rotatable bonds is 5. The second-order valence-corrected chi connectivity index (χ2v) is 6.96. The van der Waals surface area contributed by atoms with E-state index in [4.69, 9.17) is 0 Å². The van der Waals surface area contributed by atoms with Crippen molar-refractivity contribution in [3.63, 3.8) is 0 Å². The fourth-order valence-electron chi connectivity index (χ4n) is 2.57. The van der Waals surface area contributed by atoms with E-state index in [0.29, 0.717) is 16.1 Å². The molecule has 7 heteroatoms. The molecule has 0 saturated carbocycles. The first kappa shape index (κ1) is 18.3. The Balaban J connectivity index is 1.93. The van der Waals surface area contributed by atoms with Crippen molar-refractivity contribution in [1.29, 1.82) is 0 Å². The first-order valence-corrected chi connectivity index (χ1v) is 8.99. The van der Waals surface area contributed by atoms with Crippen molar-refractivity contribution in [3.05, 3.63) is 70.0 Å². The average Bonchev–Trinajstić information content (AvgIpc) is 2.61. The molecule has 26 heavy (non-hydrogen) atoms. The van der Waals surface area contributed by atoms with Crippen LogP contribution in [-0.2, 0) is 0 Å². The van der Waals surface area contributed by atoms with E-state index in [9.17, 15) is 18.4 Å². The fourth-order valence-corrected chi connectivity index (χ4v) is 3.59. The van der Waals surface area contributed by atoms with E-state index in [0.717, 1.165) is 23.9 Å². The van der Waals surface area contributed by atoms with Crippen LogP contribution in [0.5, 0.6) is 0 Å². The molecule has 0 aliphatic carbocycles. The maximum absolute atomic E-state index is 13.3. The highest BCUT2D eigenvalue weighted by atomic mass is 32.2. The molecule has 1 aromatic heterocycles. The second-order valence-electron chi connectivity index (χ2n) is 6.02. The summed E-state index contributed by atoms with van der Waals surface area (Å²) in [5, 5.41) is 0.928. The van der Waals surface area contributed by atoms with Gasteiger partial charge in [0.1, 0.15) is 0 Å². The minimum absolute atomic E-state index is 0.0391. The monoisotopic (exact) mass is 374 g/mol. The Hall–Kier alpha value is -2.54. The highest BCUT2D eigenvalue weighted by Gasteiger charge is 2.16. The standard InChI is InChI=1S/C19H16F2N2O2S/c1-11(2)23-18(25)13-5-3-4-6-16(13)22-19(23)26-10-17(24)12-7-8-14(20)15(21)9-12/h3-9,11H,10H2,1-2H3. The van der Waals surface area contributed by atoms with Crippen molar-refractivity contribution in [1.82, 2.24) is 9.55 Å². The van der Waals surface area contributed by atoms with Gasteiger partial charge in [-0.05, 0) is 44.2 Å². The molecule has 0 unspecified atom stereocenters. The number of hydrogen-bond acceptors (Lipinski definition) is 4. The first-order chi connectivity index (χ1) is 12.4. The van der Waals surface area contributed by atoms with E-state index in [1.54, 1.807) is 24.3 Å². The van der Waals surface area contributed by atoms with Crippen molar-refractivity contribution in [2.24, 2.45) is 0 Å². The van der Waals surface area contributed by atoms with Crippen LogP contribution in [0.1, 0.15) is 30.2 Å². The molecule has 0 aliphatic rings. The number of benzene rings is 2. The topological polar surface area (TPSA) is 52.0 Å². The summed E-state index contributed by atoms with van der Waals surface area (Å²) in [7, 11) is 0. The van der Waals surface area contributed by atoms with Crippen LogP contribution in [0.25, 0.3) is 10.9 Å². The van der Waals surface area contributed by atoms with Crippen LogP contribution >= 0.6 is 11.8 Å². The molecule has 0 fully saturated rings. The van der Waals surface area contributed by atoms with E-state index in [1.807, 2.05) is 13.8 Å². The summed E-state index contributed by atoms with van der Waals surface area (Å²) < 4.78 is 27.8. The van der Waals surface area contributed by atoms with Crippen LogP contribution < -0.4 is 5.56 Å². The molecular formula is C19H16F2N2O2S. The Labute approximate surface area is 152 Å². The molecule has 2 aromatic carbocycles. The van der Waals surface area contributed by atoms with Crippen molar-refractivity contribution in [2.75, 3.05) is 5.75 Å². The predicted octanol–water partition coefficient (Wildman–Crippen LogP) is 4.23. The van der Waals surface area contributed by atoms with Crippen LogP contribution in [-0.4, -0.2) is 21.1 Å². The third-order valence-corrected chi connectivity index (χ3v) is 4.82. The Morgan fingerprint density at radius 2 is 1.88 bits per heavy atom. The maximum Gasteiger partial charge on any atom is 0.262 e. The third kappa shape index (κ3) is 3.53. The number of hydrogen-bond donors (Lipinski definition) is 0. The lowest BCUT2D eigenvalue weighted by molar-refractivity contribution is 0.102. The molecule has 3 aromatic rings. The predicted molar refractivity (Wildman–Crippen MR) is 97.8 cm³/mol. The fraction of sp³-hybridized carbons (Fsp3) is 0.211. The van der Waals surface area contributed by atoms with Gasteiger partial charge in [-0.2, -0.15) is 0 Å². The van der Waals surface area contributed by atoms with Crippen LogP contribution in [0.3, 0.4) is 0 Å². The minimum Gasteiger partial charge on any atom is -0.293 e. The third-order valence-electron chi connectivity index (χ3n) is 3.87. The summed E-state index contributed by atoms with van der Waals surface area (Å²) in [6.07, 6.45) is 0. The lowest BCUT2D eigenvalue weighted by Crippen LogP contribution is -2.25. The smallest absolute Gasteiger partial charge is 0.262 e. The van der Waals surface area contributed by atoms with E-state index >= 15 is 0 Å². The van der Waals surface area contributed by atoms with Gasteiger partial charge in [0.2, 0.25) is 0 Å². The van der Waals surface area contributed by atoms with Crippen molar-refractivity contribution >= 4 is 28.4 Å². The first-order valence-electron chi connectivity index (χ1n) is 8.01. The zero-order chi connectivity index (χ0) is 18.8. The number of nitrogens with zero attached hydrogens (tertiary/aromatic N) is 2. The molecule has 0 radical (unpaired) electrons. The SMILES string of the molecule is CC(C)n1c(SCC(=O)c2ccc(F)c(F)c2)nc2ccccc2c1=O. The quantitative estimate of drug-likeness (QED) is 0.381. The number of carbonyl (C=O) groups excluding carboxylic acids is 1. The zero-order valence-corrected chi connectivity index (χ0v) is 15.0. The molecule has 3 rings (SSSR count). The second kappa shape index (κ2) is 7.37. The number of thioether (sulfide) groups is 1. The van der Waals surface area contributed by atoms with Gasteiger partial charge in [-0.25, -0.2) is 13.8 Å². The molecule has 0 atom stereocenters. The molecule has 0 spiro atoms. The molecule has 0 saturated heterocycles. The molecule has 0 aliphatic heterocycles. The van der Waals surface area contributed by atoms with E-state index in [1.165, 1.54) is 10.6 Å². The lowest BCUT2D eigenvalue weighted by atomic mass is 10.1. The number of halogens is 2.